The number of carbonyl (C=O) groups is 2. The summed E-state index contributed by atoms with van der Waals surface area (Å²) in [5, 5.41) is 0. The molecule has 0 bridgehead atoms. The Bertz CT molecular complexity index is 1460. The largest absolute Gasteiger partial charge is 0.463 e. The molecule has 264 valence electrons. The van der Waals surface area contributed by atoms with Crippen LogP contribution in [-0.4, -0.2) is 57.4 Å². The monoisotopic (exact) mass is 708 g/mol. The second-order valence-electron chi connectivity index (χ2n) is 12.0. The fourth-order valence-corrected chi connectivity index (χ4v) is 7.56. The minimum Gasteiger partial charge on any atom is -0.463 e. The summed E-state index contributed by atoms with van der Waals surface area (Å²) in [6, 6.07) is 44.0. The molecule has 0 radical (unpaired) electrons. The van der Waals surface area contributed by atoms with Crippen molar-refractivity contribution in [1.82, 2.24) is 0 Å². The molecule has 8 heteroatoms. The van der Waals surface area contributed by atoms with Crippen LogP contribution in [-0.2, 0) is 27.9 Å². The molecule has 50 heavy (non-hydrogen) atoms. The van der Waals surface area contributed by atoms with Crippen LogP contribution in [0.2, 0.25) is 12.1 Å². The summed E-state index contributed by atoms with van der Waals surface area (Å²) in [6.45, 7) is 12.4. The van der Waals surface area contributed by atoms with Crippen LogP contribution < -0.4 is 0 Å². The zero-order valence-electron chi connectivity index (χ0n) is 29.6. The SMILES string of the molecule is C=C(C)C(=O)OCCC[SiH2]OCC(c1ccccc1)c1ccccc1.C=CC(=O)OCCC[SiH2]OC(C)C(c1ccccc1)c1ccccc1. The van der Waals surface area contributed by atoms with Gasteiger partial charge < -0.3 is 18.3 Å². The van der Waals surface area contributed by atoms with Crippen molar-refractivity contribution in [3.05, 3.63) is 168 Å². The molecular weight excluding hydrogens is 657 g/mol. The van der Waals surface area contributed by atoms with Crippen molar-refractivity contribution in [2.45, 2.75) is 56.7 Å². The highest BCUT2D eigenvalue weighted by Crippen LogP contribution is 2.29. The average molecular weight is 709 g/mol. The maximum atomic E-state index is 11.3. The minimum atomic E-state index is -0.657. The highest BCUT2D eigenvalue weighted by Gasteiger charge is 2.21. The summed E-state index contributed by atoms with van der Waals surface area (Å²) in [5.41, 5.74) is 5.54. The van der Waals surface area contributed by atoms with E-state index >= 15 is 0 Å². The van der Waals surface area contributed by atoms with Gasteiger partial charge in [-0.25, -0.2) is 9.59 Å². The zero-order valence-corrected chi connectivity index (χ0v) is 32.4. The fourth-order valence-electron chi connectivity index (χ4n) is 5.41. The Morgan fingerprint density at radius 1 is 0.680 bits per heavy atom. The summed E-state index contributed by atoms with van der Waals surface area (Å²) >= 11 is 0. The highest BCUT2D eigenvalue weighted by molar-refractivity contribution is 6.27. The molecule has 0 heterocycles. The predicted octanol–water partition coefficient (Wildman–Crippen LogP) is 7.69. The molecule has 0 saturated carbocycles. The molecule has 0 spiro atoms. The number of benzene rings is 4. The van der Waals surface area contributed by atoms with E-state index < -0.39 is 19.5 Å². The third kappa shape index (κ3) is 15.0. The number of hydrogen-bond acceptors (Lipinski definition) is 6. The van der Waals surface area contributed by atoms with Crippen LogP contribution in [0.4, 0.5) is 0 Å². The molecule has 1 atom stereocenters. The first kappa shape index (κ1) is 40.1. The molecule has 0 aliphatic carbocycles. The molecular formula is C42H52O6Si2. The summed E-state index contributed by atoms with van der Waals surface area (Å²) in [7, 11) is -1.28. The third-order valence-electron chi connectivity index (χ3n) is 8.07. The van der Waals surface area contributed by atoms with Gasteiger partial charge in [-0.15, -0.1) is 0 Å². The maximum Gasteiger partial charge on any atom is 0.333 e. The van der Waals surface area contributed by atoms with Gasteiger partial charge >= 0.3 is 11.9 Å². The predicted molar refractivity (Wildman–Crippen MR) is 209 cm³/mol. The topological polar surface area (TPSA) is 71.1 Å². The molecule has 0 aromatic heterocycles. The number of esters is 2. The molecule has 0 aliphatic heterocycles. The van der Waals surface area contributed by atoms with Gasteiger partial charge in [0, 0.05) is 30.1 Å². The van der Waals surface area contributed by atoms with E-state index in [0.29, 0.717) is 25.4 Å². The van der Waals surface area contributed by atoms with Gasteiger partial charge in [0.15, 0.2) is 19.5 Å². The highest BCUT2D eigenvalue weighted by atomic mass is 28.2. The Labute approximate surface area is 303 Å². The number of hydrogen-bond donors (Lipinski definition) is 0. The van der Waals surface area contributed by atoms with Gasteiger partial charge in [-0.2, -0.15) is 0 Å². The molecule has 0 amide bonds. The van der Waals surface area contributed by atoms with Crippen molar-refractivity contribution in [3.8, 4) is 0 Å². The zero-order chi connectivity index (χ0) is 35.8. The van der Waals surface area contributed by atoms with E-state index in [2.05, 4.69) is 117 Å². The summed E-state index contributed by atoms with van der Waals surface area (Å²) in [4.78, 5) is 22.3. The van der Waals surface area contributed by atoms with E-state index in [1.54, 1.807) is 6.92 Å². The standard InChI is InChI=1S/2C21H26O3Si/c1-17(2)21(22)23-14-9-15-25-24-16-20(18-10-5-3-6-11-18)19-12-7-4-8-13-19;1-3-20(22)23-15-10-16-25-24-17(2)21(18-11-6-4-7-12-18)19-13-8-5-9-14-19/h3-8,10-13,20H,1,9,14-16,25H2,2H3;3-9,11-14,17,21H,1,10,15-16,25H2,2H3. The molecule has 0 saturated heterocycles. The normalized spacial score (nSPS) is 11.8. The van der Waals surface area contributed by atoms with Crippen LogP contribution in [0.5, 0.6) is 0 Å². The van der Waals surface area contributed by atoms with Crippen LogP contribution in [0, 0.1) is 0 Å². The first-order valence-electron chi connectivity index (χ1n) is 17.4. The first-order chi connectivity index (χ1) is 24.4. The second kappa shape index (κ2) is 23.9. The van der Waals surface area contributed by atoms with E-state index in [1.807, 2.05) is 24.3 Å². The Balaban J connectivity index is 0.000000270. The average Bonchev–Trinajstić information content (AvgIpc) is 3.16. The van der Waals surface area contributed by atoms with Crippen molar-refractivity contribution in [1.29, 1.82) is 0 Å². The number of carbonyl (C=O) groups excluding carboxylic acids is 2. The van der Waals surface area contributed by atoms with E-state index in [0.717, 1.165) is 24.9 Å². The molecule has 6 nitrogen and oxygen atoms in total. The number of ether oxygens (including phenoxy) is 2. The Hall–Kier alpha value is -4.35. The Kier molecular flexibility index (Phi) is 19.2. The molecule has 4 aromatic carbocycles. The molecule has 4 aromatic rings. The van der Waals surface area contributed by atoms with Gasteiger partial charge in [-0.1, -0.05) is 134 Å². The maximum absolute atomic E-state index is 11.3. The van der Waals surface area contributed by atoms with E-state index in [4.69, 9.17) is 18.3 Å². The Morgan fingerprint density at radius 2 is 1.12 bits per heavy atom. The summed E-state index contributed by atoms with van der Waals surface area (Å²) < 4.78 is 22.4. The smallest absolute Gasteiger partial charge is 0.333 e. The van der Waals surface area contributed by atoms with Gasteiger partial charge in [-0.05, 0) is 61.0 Å². The van der Waals surface area contributed by atoms with Crippen molar-refractivity contribution >= 4 is 31.5 Å². The second-order valence-corrected chi connectivity index (χ2v) is 15.0. The van der Waals surface area contributed by atoms with Crippen LogP contribution in [0.25, 0.3) is 0 Å². The first-order valence-corrected chi connectivity index (χ1v) is 20.6. The van der Waals surface area contributed by atoms with Crippen molar-refractivity contribution in [2.24, 2.45) is 0 Å². The van der Waals surface area contributed by atoms with Crippen molar-refractivity contribution in [3.63, 3.8) is 0 Å². The van der Waals surface area contributed by atoms with Gasteiger partial charge in [-0.3, -0.25) is 0 Å². The van der Waals surface area contributed by atoms with E-state index in [-0.39, 0.29) is 29.9 Å². The van der Waals surface area contributed by atoms with Gasteiger partial charge in [0.1, 0.15) is 0 Å². The molecule has 0 fully saturated rings. The minimum absolute atomic E-state index is 0.118. The van der Waals surface area contributed by atoms with Gasteiger partial charge in [0.25, 0.3) is 0 Å². The van der Waals surface area contributed by atoms with E-state index in [9.17, 15) is 9.59 Å². The lowest BCUT2D eigenvalue weighted by Gasteiger charge is -2.26. The summed E-state index contributed by atoms with van der Waals surface area (Å²) in [5.74, 6) is -0.176. The molecule has 0 aliphatic rings. The van der Waals surface area contributed by atoms with E-state index in [1.165, 1.54) is 28.3 Å². The van der Waals surface area contributed by atoms with Gasteiger partial charge in [0.05, 0.1) is 19.3 Å². The van der Waals surface area contributed by atoms with Crippen LogP contribution >= 0.6 is 0 Å². The lowest BCUT2D eigenvalue weighted by Crippen LogP contribution is -2.22. The number of rotatable bonds is 20. The summed E-state index contributed by atoms with van der Waals surface area (Å²) in [6.07, 6.45) is 3.01. The molecule has 4 rings (SSSR count). The molecule has 1 unspecified atom stereocenters. The lowest BCUT2D eigenvalue weighted by atomic mass is 9.87. The van der Waals surface area contributed by atoms with Crippen LogP contribution in [0.1, 0.15) is 60.8 Å². The van der Waals surface area contributed by atoms with Gasteiger partial charge in [0.2, 0.25) is 0 Å². The third-order valence-corrected chi connectivity index (χ3v) is 10.9. The van der Waals surface area contributed by atoms with Crippen molar-refractivity contribution < 1.29 is 27.9 Å². The fraction of sp³-hybridized carbons (Fsp3) is 0.286. The quantitative estimate of drug-likeness (QED) is 0.0406. The molecule has 0 N–H and O–H groups in total. The van der Waals surface area contributed by atoms with Crippen LogP contribution in [0.15, 0.2) is 146 Å². The lowest BCUT2D eigenvalue weighted by molar-refractivity contribution is -0.139. The van der Waals surface area contributed by atoms with Crippen LogP contribution in [0.3, 0.4) is 0 Å². The van der Waals surface area contributed by atoms with Crippen molar-refractivity contribution in [2.75, 3.05) is 19.8 Å². The Morgan fingerprint density at radius 3 is 1.58 bits per heavy atom.